The first kappa shape index (κ1) is 14.9. The molecule has 0 aromatic carbocycles. The van der Waals surface area contributed by atoms with Crippen LogP contribution < -0.4 is 10.5 Å². The molecule has 0 aliphatic heterocycles. The Labute approximate surface area is 109 Å². The first-order valence-electron chi connectivity index (χ1n) is 6.08. The molecular formula is C12H21N3O2S. The van der Waals surface area contributed by atoms with Crippen molar-refractivity contribution in [3.05, 3.63) is 18.5 Å². The fourth-order valence-electron chi connectivity index (χ4n) is 1.76. The lowest BCUT2D eigenvalue weighted by molar-refractivity contribution is 0.445. The Balaban J connectivity index is 2.80. The first-order valence-corrected chi connectivity index (χ1v) is 7.57. The Hall–Kier alpha value is -1.14. The lowest BCUT2D eigenvalue weighted by atomic mass is 10.0. The topological polar surface area (TPSA) is 85.1 Å². The van der Waals surface area contributed by atoms with Gasteiger partial charge in [0.25, 0.3) is 0 Å². The van der Waals surface area contributed by atoms with E-state index in [2.05, 4.69) is 23.6 Å². The molecule has 6 heteroatoms. The summed E-state index contributed by atoms with van der Waals surface area (Å²) in [5.41, 5.74) is 5.87. The predicted molar refractivity (Wildman–Crippen MR) is 72.5 cm³/mol. The second-order valence-electron chi connectivity index (χ2n) is 4.68. The van der Waals surface area contributed by atoms with Crippen LogP contribution in [0.3, 0.4) is 0 Å². The Morgan fingerprint density at radius 2 is 2.11 bits per heavy atom. The van der Waals surface area contributed by atoms with Crippen LogP contribution in [0, 0.1) is 5.92 Å². The summed E-state index contributed by atoms with van der Waals surface area (Å²) >= 11 is 0. The minimum Gasteiger partial charge on any atom is -0.398 e. The Bertz CT molecular complexity index is 488. The molecule has 1 rings (SSSR count). The molecule has 0 aliphatic rings. The average Bonchev–Trinajstić information content (AvgIpc) is 2.28. The zero-order valence-corrected chi connectivity index (χ0v) is 11.9. The highest BCUT2D eigenvalue weighted by atomic mass is 32.2. The number of sulfonamides is 1. The van der Waals surface area contributed by atoms with E-state index in [1.807, 2.05) is 6.92 Å². The van der Waals surface area contributed by atoms with Crippen molar-refractivity contribution in [3.8, 4) is 0 Å². The maximum atomic E-state index is 12.1. The van der Waals surface area contributed by atoms with Gasteiger partial charge < -0.3 is 5.73 Å². The molecule has 0 saturated carbocycles. The lowest BCUT2D eigenvalue weighted by Gasteiger charge is -2.18. The number of anilines is 1. The number of hydrogen-bond acceptors (Lipinski definition) is 4. The number of nitrogens with one attached hydrogen (secondary N) is 1. The van der Waals surface area contributed by atoms with E-state index in [0.29, 0.717) is 5.92 Å². The highest BCUT2D eigenvalue weighted by molar-refractivity contribution is 7.89. The zero-order chi connectivity index (χ0) is 13.8. The molecule has 1 aromatic rings. The fourth-order valence-corrected chi connectivity index (χ4v) is 3.09. The minimum atomic E-state index is -3.58. The number of nitrogens with zero attached hydrogens (tertiary/aromatic N) is 1. The van der Waals surface area contributed by atoms with Crippen LogP contribution in [0.15, 0.2) is 23.4 Å². The van der Waals surface area contributed by atoms with Crippen LogP contribution in [-0.4, -0.2) is 19.4 Å². The third-order valence-corrected chi connectivity index (χ3v) is 4.55. The van der Waals surface area contributed by atoms with Gasteiger partial charge in [-0.3, -0.25) is 4.98 Å². The van der Waals surface area contributed by atoms with E-state index in [1.165, 1.54) is 18.5 Å². The molecule has 0 saturated heterocycles. The van der Waals surface area contributed by atoms with Gasteiger partial charge in [-0.2, -0.15) is 0 Å². The molecule has 5 nitrogen and oxygen atoms in total. The van der Waals surface area contributed by atoms with Crippen LogP contribution in [0.1, 0.15) is 33.6 Å². The minimum absolute atomic E-state index is 0.0426. The standard InChI is InChI=1S/C12H21N3O2S/c1-4-9(2)7-10(3)15-18(16,17)12-8-14-6-5-11(12)13/h5-6,8-10,15H,4,7H2,1-3H3,(H2,13,14). The van der Waals surface area contributed by atoms with E-state index < -0.39 is 10.0 Å². The van der Waals surface area contributed by atoms with Crippen LogP contribution in [0.2, 0.25) is 0 Å². The van der Waals surface area contributed by atoms with Crippen molar-refractivity contribution in [2.75, 3.05) is 5.73 Å². The summed E-state index contributed by atoms with van der Waals surface area (Å²) in [5, 5.41) is 0. The van der Waals surface area contributed by atoms with Crippen molar-refractivity contribution >= 4 is 15.7 Å². The van der Waals surface area contributed by atoms with Gasteiger partial charge in [-0.25, -0.2) is 13.1 Å². The van der Waals surface area contributed by atoms with Gasteiger partial charge in [0.15, 0.2) is 0 Å². The summed E-state index contributed by atoms with van der Waals surface area (Å²) in [4.78, 5) is 3.84. The van der Waals surface area contributed by atoms with Crippen LogP contribution >= 0.6 is 0 Å². The maximum Gasteiger partial charge on any atom is 0.244 e. The molecule has 3 N–H and O–H groups in total. The number of rotatable bonds is 6. The van der Waals surface area contributed by atoms with Crippen molar-refractivity contribution in [1.29, 1.82) is 0 Å². The highest BCUT2D eigenvalue weighted by Gasteiger charge is 2.20. The lowest BCUT2D eigenvalue weighted by Crippen LogP contribution is -2.34. The summed E-state index contributed by atoms with van der Waals surface area (Å²) < 4.78 is 26.8. The number of pyridine rings is 1. The molecule has 2 atom stereocenters. The van der Waals surface area contributed by atoms with Crippen molar-refractivity contribution in [2.24, 2.45) is 5.92 Å². The van der Waals surface area contributed by atoms with E-state index in [-0.39, 0.29) is 16.6 Å². The van der Waals surface area contributed by atoms with E-state index in [0.717, 1.165) is 12.8 Å². The molecule has 102 valence electrons. The van der Waals surface area contributed by atoms with Gasteiger partial charge in [-0.1, -0.05) is 20.3 Å². The third-order valence-electron chi connectivity index (χ3n) is 2.92. The van der Waals surface area contributed by atoms with Gasteiger partial charge >= 0.3 is 0 Å². The molecular weight excluding hydrogens is 250 g/mol. The number of hydrogen-bond donors (Lipinski definition) is 2. The molecule has 0 radical (unpaired) electrons. The molecule has 2 unspecified atom stereocenters. The van der Waals surface area contributed by atoms with Crippen LogP contribution in [0.25, 0.3) is 0 Å². The zero-order valence-electron chi connectivity index (χ0n) is 11.1. The largest absolute Gasteiger partial charge is 0.398 e. The summed E-state index contributed by atoms with van der Waals surface area (Å²) in [6.45, 7) is 6.05. The molecule has 0 fully saturated rings. The van der Waals surface area contributed by atoms with Crippen molar-refractivity contribution in [1.82, 2.24) is 9.71 Å². The fraction of sp³-hybridized carbons (Fsp3) is 0.583. The highest BCUT2D eigenvalue weighted by Crippen LogP contribution is 2.17. The van der Waals surface area contributed by atoms with Crippen LogP contribution in [-0.2, 0) is 10.0 Å². The van der Waals surface area contributed by atoms with Crippen LogP contribution in [0.5, 0.6) is 0 Å². The molecule has 0 amide bonds. The average molecular weight is 271 g/mol. The smallest absolute Gasteiger partial charge is 0.244 e. The molecule has 1 heterocycles. The van der Waals surface area contributed by atoms with Gasteiger partial charge in [-0.15, -0.1) is 0 Å². The van der Waals surface area contributed by atoms with E-state index >= 15 is 0 Å². The second kappa shape index (κ2) is 6.15. The van der Waals surface area contributed by atoms with Gasteiger partial charge in [0.2, 0.25) is 10.0 Å². The quantitative estimate of drug-likeness (QED) is 0.825. The van der Waals surface area contributed by atoms with E-state index in [1.54, 1.807) is 0 Å². The number of aromatic nitrogens is 1. The molecule has 1 aromatic heterocycles. The van der Waals surface area contributed by atoms with E-state index in [9.17, 15) is 8.42 Å². The normalized spacial score (nSPS) is 15.3. The summed E-state index contributed by atoms with van der Waals surface area (Å²) in [6.07, 6.45) is 4.57. The van der Waals surface area contributed by atoms with Crippen molar-refractivity contribution in [2.45, 2.75) is 44.6 Å². The maximum absolute atomic E-state index is 12.1. The van der Waals surface area contributed by atoms with Crippen molar-refractivity contribution in [3.63, 3.8) is 0 Å². The van der Waals surface area contributed by atoms with Gasteiger partial charge in [0, 0.05) is 18.4 Å². The molecule has 0 spiro atoms. The summed E-state index contributed by atoms with van der Waals surface area (Å²) in [5.74, 6) is 0.481. The molecule has 0 aliphatic carbocycles. The Morgan fingerprint density at radius 3 is 2.67 bits per heavy atom. The summed E-state index contributed by atoms with van der Waals surface area (Å²) in [7, 11) is -3.58. The van der Waals surface area contributed by atoms with E-state index in [4.69, 9.17) is 5.73 Å². The predicted octanol–water partition coefficient (Wildman–Crippen LogP) is 1.77. The van der Waals surface area contributed by atoms with Gasteiger partial charge in [0.05, 0.1) is 5.69 Å². The monoisotopic (exact) mass is 271 g/mol. The summed E-state index contributed by atoms with van der Waals surface area (Å²) in [6, 6.07) is 1.36. The first-order chi connectivity index (χ1) is 8.36. The molecule has 18 heavy (non-hydrogen) atoms. The van der Waals surface area contributed by atoms with Crippen LogP contribution in [0.4, 0.5) is 5.69 Å². The second-order valence-corrected chi connectivity index (χ2v) is 6.37. The number of nitrogen functional groups attached to an aromatic ring is 1. The van der Waals surface area contributed by atoms with Crippen molar-refractivity contribution < 1.29 is 8.42 Å². The Morgan fingerprint density at radius 1 is 1.44 bits per heavy atom. The SMILES string of the molecule is CCC(C)CC(C)NS(=O)(=O)c1cnccc1N. The van der Waals surface area contributed by atoms with Gasteiger partial charge in [-0.05, 0) is 25.3 Å². The molecule has 0 bridgehead atoms. The van der Waals surface area contributed by atoms with Gasteiger partial charge in [0.1, 0.15) is 4.90 Å². The Kier molecular flexibility index (Phi) is 5.10. The number of nitrogens with two attached hydrogens (primary N) is 1. The third kappa shape index (κ3) is 3.96.